The average molecular weight is 368 g/mol. The monoisotopic (exact) mass is 367 g/mol. The van der Waals surface area contributed by atoms with Crippen LogP contribution in [0.5, 0.6) is 0 Å². The lowest BCUT2D eigenvalue weighted by molar-refractivity contribution is 0.315. The van der Waals surface area contributed by atoms with Crippen LogP contribution < -0.4 is 11.1 Å². The van der Waals surface area contributed by atoms with E-state index in [1.54, 1.807) is 11.3 Å². The average Bonchev–Trinajstić information content (AvgIpc) is 2.93. The van der Waals surface area contributed by atoms with Gasteiger partial charge in [-0.3, -0.25) is 0 Å². The standard InChI is InChI=1S/C15H18BrN3OS/c16-14-7-6-12(21-14)8-9-18-10-13(15(17)19-20)11-4-2-1-3-5-11/h1-7,13,18,20H,8-10H2,(H2,17,19). The van der Waals surface area contributed by atoms with Gasteiger partial charge in [0.05, 0.1) is 9.70 Å². The quantitative estimate of drug-likeness (QED) is 0.231. The number of rotatable bonds is 7. The minimum atomic E-state index is -0.119. The van der Waals surface area contributed by atoms with E-state index in [2.05, 4.69) is 38.5 Å². The summed E-state index contributed by atoms with van der Waals surface area (Å²) in [4.78, 5) is 1.33. The predicted molar refractivity (Wildman–Crippen MR) is 91.2 cm³/mol. The van der Waals surface area contributed by atoms with Crippen LogP contribution in [0, 0.1) is 0 Å². The molecule has 0 saturated carbocycles. The van der Waals surface area contributed by atoms with Crippen molar-refractivity contribution in [1.29, 1.82) is 0 Å². The third-order valence-corrected chi connectivity index (χ3v) is 4.88. The fraction of sp³-hybridized carbons (Fsp3) is 0.267. The highest BCUT2D eigenvalue weighted by Crippen LogP contribution is 2.22. The van der Waals surface area contributed by atoms with Crippen molar-refractivity contribution in [2.24, 2.45) is 10.9 Å². The van der Waals surface area contributed by atoms with Crippen LogP contribution in [-0.4, -0.2) is 24.1 Å². The summed E-state index contributed by atoms with van der Waals surface area (Å²) in [6.45, 7) is 1.50. The van der Waals surface area contributed by atoms with Crippen molar-refractivity contribution >= 4 is 33.1 Å². The van der Waals surface area contributed by atoms with Gasteiger partial charge in [0.1, 0.15) is 5.84 Å². The fourth-order valence-corrected chi connectivity index (χ4v) is 3.57. The molecule has 1 atom stereocenters. The summed E-state index contributed by atoms with van der Waals surface area (Å²) < 4.78 is 1.15. The summed E-state index contributed by atoms with van der Waals surface area (Å²) in [7, 11) is 0. The molecule has 0 fully saturated rings. The first-order chi connectivity index (χ1) is 10.2. The molecule has 0 amide bonds. The molecule has 2 rings (SSSR count). The number of hydrogen-bond donors (Lipinski definition) is 3. The molecule has 0 saturated heterocycles. The zero-order valence-corrected chi connectivity index (χ0v) is 13.9. The van der Waals surface area contributed by atoms with Gasteiger partial charge in [-0.15, -0.1) is 11.3 Å². The second-order valence-corrected chi connectivity index (χ2v) is 7.20. The van der Waals surface area contributed by atoms with Crippen molar-refractivity contribution in [3.8, 4) is 0 Å². The van der Waals surface area contributed by atoms with Crippen LogP contribution in [0.3, 0.4) is 0 Å². The number of halogens is 1. The van der Waals surface area contributed by atoms with E-state index in [-0.39, 0.29) is 11.8 Å². The molecule has 0 aliphatic carbocycles. The first-order valence-electron chi connectivity index (χ1n) is 6.68. The molecule has 112 valence electrons. The Kier molecular flexibility index (Phi) is 6.22. The summed E-state index contributed by atoms with van der Waals surface area (Å²) in [5.41, 5.74) is 6.84. The van der Waals surface area contributed by atoms with Crippen molar-refractivity contribution in [3.05, 3.63) is 56.7 Å². The molecule has 2 aromatic rings. The van der Waals surface area contributed by atoms with Crippen molar-refractivity contribution in [2.45, 2.75) is 12.3 Å². The van der Waals surface area contributed by atoms with Crippen LogP contribution in [-0.2, 0) is 6.42 Å². The van der Waals surface area contributed by atoms with Gasteiger partial charge in [0.25, 0.3) is 0 Å². The van der Waals surface area contributed by atoms with E-state index in [9.17, 15) is 0 Å². The number of amidine groups is 1. The predicted octanol–water partition coefficient (Wildman–Crippen LogP) is 3.17. The van der Waals surface area contributed by atoms with Gasteiger partial charge in [0, 0.05) is 11.4 Å². The van der Waals surface area contributed by atoms with Crippen LogP contribution >= 0.6 is 27.3 Å². The van der Waals surface area contributed by atoms with Crippen molar-refractivity contribution in [2.75, 3.05) is 13.1 Å². The number of hydrogen-bond acceptors (Lipinski definition) is 4. The maximum absolute atomic E-state index is 8.94. The normalized spacial score (nSPS) is 13.3. The highest BCUT2D eigenvalue weighted by atomic mass is 79.9. The molecule has 0 spiro atoms. The molecule has 1 unspecified atom stereocenters. The molecule has 4 N–H and O–H groups in total. The Bertz CT molecular complexity index is 586. The summed E-state index contributed by atoms with van der Waals surface area (Å²) in [5, 5.41) is 15.5. The van der Waals surface area contributed by atoms with E-state index in [0.717, 1.165) is 22.3 Å². The molecular formula is C15H18BrN3OS. The molecule has 6 heteroatoms. The molecule has 4 nitrogen and oxygen atoms in total. The SMILES string of the molecule is N/C(=N/O)C(CNCCc1ccc(Br)s1)c1ccccc1. The highest BCUT2D eigenvalue weighted by Gasteiger charge is 2.15. The second kappa shape index (κ2) is 8.17. The smallest absolute Gasteiger partial charge is 0.147 e. The van der Waals surface area contributed by atoms with Crippen LogP contribution in [0.4, 0.5) is 0 Å². The summed E-state index contributed by atoms with van der Waals surface area (Å²) >= 11 is 5.20. The molecule has 0 radical (unpaired) electrons. The van der Waals surface area contributed by atoms with E-state index < -0.39 is 0 Å². The fourth-order valence-electron chi connectivity index (χ4n) is 2.09. The molecule has 1 heterocycles. The van der Waals surface area contributed by atoms with E-state index in [1.165, 1.54) is 4.88 Å². The first kappa shape index (κ1) is 16.0. The third kappa shape index (κ3) is 4.84. The number of benzene rings is 1. The Labute approximate surface area is 136 Å². The lowest BCUT2D eigenvalue weighted by atomic mass is 9.98. The number of nitrogens with zero attached hydrogens (tertiary/aromatic N) is 1. The number of nitrogens with one attached hydrogen (secondary N) is 1. The molecule has 0 bridgehead atoms. The van der Waals surface area contributed by atoms with Crippen LogP contribution in [0.2, 0.25) is 0 Å². The van der Waals surface area contributed by atoms with E-state index in [1.807, 2.05) is 30.3 Å². The van der Waals surface area contributed by atoms with E-state index in [0.29, 0.717) is 6.54 Å². The van der Waals surface area contributed by atoms with Crippen LogP contribution in [0.15, 0.2) is 51.4 Å². The second-order valence-electron chi connectivity index (χ2n) is 4.65. The zero-order chi connectivity index (χ0) is 15.1. The van der Waals surface area contributed by atoms with Gasteiger partial charge in [-0.25, -0.2) is 0 Å². The summed E-state index contributed by atoms with van der Waals surface area (Å²) in [6.07, 6.45) is 0.966. The molecule has 1 aromatic heterocycles. The Morgan fingerprint density at radius 2 is 2.05 bits per heavy atom. The lowest BCUT2D eigenvalue weighted by Crippen LogP contribution is -2.32. The molecule has 21 heavy (non-hydrogen) atoms. The van der Waals surface area contributed by atoms with Crippen molar-refractivity contribution in [3.63, 3.8) is 0 Å². The third-order valence-electron chi connectivity index (χ3n) is 3.20. The topological polar surface area (TPSA) is 70.6 Å². The van der Waals surface area contributed by atoms with Crippen LogP contribution in [0.1, 0.15) is 16.4 Å². The summed E-state index contributed by atoms with van der Waals surface area (Å²) in [6, 6.07) is 14.0. The molecule has 0 aliphatic heterocycles. The van der Waals surface area contributed by atoms with Gasteiger partial charge in [0.15, 0.2) is 0 Å². The van der Waals surface area contributed by atoms with Gasteiger partial charge < -0.3 is 16.3 Å². The van der Waals surface area contributed by atoms with Crippen molar-refractivity contribution in [1.82, 2.24) is 5.32 Å². The Morgan fingerprint density at radius 1 is 1.29 bits per heavy atom. The van der Waals surface area contributed by atoms with Gasteiger partial charge >= 0.3 is 0 Å². The number of thiophene rings is 1. The molecule has 1 aromatic carbocycles. The summed E-state index contributed by atoms with van der Waals surface area (Å²) in [5.74, 6) is 0.110. The number of nitrogens with two attached hydrogens (primary N) is 1. The Balaban J connectivity index is 1.88. The Morgan fingerprint density at radius 3 is 2.67 bits per heavy atom. The van der Waals surface area contributed by atoms with Gasteiger partial charge in [-0.2, -0.15) is 0 Å². The van der Waals surface area contributed by atoms with Crippen molar-refractivity contribution < 1.29 is 5.21 Å². The lowest BCUT2D eigenvalue weighted by Gasteiger charge is -2.16. The first-order valence-corrected chi connectivity index (χ1v) is 8.29. The Hall–Kier alpha value is -1.37. The molecule has 0 aliphatic rings. The maximum Gasteiger partial charge on any atom is 0.147 e. The van der Waals surface area contributed by atoms with E-state index >= 15 is 0 Å². The highest BCUT2D eigenvalue weighted by molar-refractivity contribution is 9.11. The van der Waals surface area contributed by atoms with Gasteiger partial charge in [-0.05, 0) is 46.6 Å². The van der Waals surface area contributed by atoms with Crippen LogP contribution in [0.25, 0.3) is 0 Å². The zero-order valence-electron chi connectivity index (χ0n) is 11.5. The largest absolute Gasteiger partial charge is 0.409 e. The minimum absolute atomic E-state index is 0.119. The number of oxime groups is 1. The maximum atomic E-state index is 8.94. The minimum Gasteiger partial charge on any atom is -0.409 e. The molecular weight excluding hydrogens is 350 g/mol. The van der Waals surface area contributed by atoms with E-state index in [4.69, 9.17) is 10.9 Å². The van der Waals surface area contributed by atoms with Gasteiger partial charge in [0.2, 0.25) is 0 Å². The van der Waals surface area contributed by atoms with Gasteiger partial charge in [-0.1, -0.05) is 35.5 Å².